The predicted molar refractivity (Wildman–Crippen MR) is 66.8 cm³/mol. The highest BCUT2D eigenvalue weighted by atomic mass is 32.1. The minimum atomic E-state index is -0.823. The van der Waals surface area contributed by atoms with Crippen molar-refractivity contribution in [2.75, 3.05) is 0 Å². The second-order valence-corrected chi connectivity index (χ2v) is 5.45. The maximum absolute atomic E-state index is 11.0. The van der Waals surface area contributed by atoms with Gasteiger partial charge in [-0.15, -0.1) is 11.3 Å². The van der Waals surface area contributed by atoms with E-state index in [0.29, 0.717) is 23.8 Å². The second-order valence-electron chi connectivity index (χ2n) is 4.28. The molecule has 1 unspecified atom stereocenters. The fourth-order valence-electron chi connectivity index (χ4n) is 1.50. The number of nitriles is 1. The highest BCUT2D eigenvalue weighted by Crippen LogP contribution is 2.15. The Morgan fingerprint density at radius 3 is 2.76 bits per heavy atom. The first-order valence-corrected chi connectivity index (χ1v) is 6.29. The van der Waals surface area contributed by atoms with Crippen molar-refractivity contribution in [2.45, 2.75) is 32.9 Å². The van der Waals surface area contributed by atoms with Crippen LogP contribution in [0.5, 0.6) is 0 Å². The van der Waals surface area contributed by atoms with Crippen LogP contribution in [0.3, 0.4) is 0 Å². The summed E-state index contributed by atoms with van der Waals surface area (Å²) in [5, 5.41) is 20.7. The number of rotatable bonds is 6. The number of nitrogens with zero attached hydrogens (tertiary/aromatic N) is 1. The molecule has 1 aromatic heterocycles. The first-order chi connectivity index (χ1) is 8.02. The molecule has 0 saturated carbocycles. The van der Waals surface area contributed by atoms with Gasteiger partial charge in [0.05, 0.1) is 0 Å². The molecule has 0 aliphatic heterocycles. The maximum atomic E-state index is 11.0. The minimum absolute atomic E-state index is 0.335. The molecule has 0 saturated heterocycles. The molecule has 17 heavy (non-hydrogen) atoms. The Bertz CT molecular complexity index is 420. The maximum Gasteiger partial charge on any atom is 0.320 e. The molecular formula is C12H16N2O2S. The van der Waals surface area contributed by atoms with Crippen molar-refractivity contribution in [3.63, 3.8) is 0 Å². The lowest BCUT2D eigenvalue weighted by Crippen LogP contribution is -2.37. The zero-order valence-electron chi connectivity index (χ0n) is 9.93. The van der Waals surface area contributed by atoms with Crippen LogP contribution in [-0.4, -0.2) is 17.1 Å². The van der Waals surface area contributed by atoms with Crippen LogP contribution in [-0.2, 0) is 11.3 Å². The van der Waals surface area contributed by atoms with Crippen molar-refractivity contribution in [1.29, 1.82) is 5.26 Å². The van der Waals surface area contributed by atoms with Crippen LogP contribution in [0.2, 0.25) is 0 Å². The fraction of sp³-hybridized carbons (Fsp3) is 0.500. The minimum Gasteiger partial charge on any atom is -0.480 e. The Morgan fingerprint density at radius 1 is 1.59 bits per heavy atom. The predicted octanol–water partition coefficient (Wildman–Crippen LogP) is 2.21. The van der Waals surface area contributed by atoms with Gasteiger partial charge in [-0.1, -0.05) is 13.8 Å². The molecule has 0 bridgehead atoms. The lowest BCUT2D eigenvalue weighted by molar-refractivity contribution is -0.139. The van der Waals surface area contributed by atoms with Gasteiger partial charge in [0.15, 0.2) is 0 Å². The first-order valence-electron chi connectivity index (χ1n) is 5.48. The van der Waals surface area contributed by atoms with E-state index in [2.05, 4.69) is 11.4 Å². The van der Waals surface area contributed by atoms with Crippen LogP contribution in [0, 0.1) is 17.2 Å². The molecule has 0 amide bonds. The summed E-state index contributed by atoms with van der Waals surface area (Å²) >= 11 is 1.39. The topological polar surface area (TPSA) is 73.1 Å². The first kappa shape index (κ1) is 13.7. The number of aliphatic carboxylic acids is 1. The summed E-state index contributed by atoms with van der Waals surface area (Å²) in [4.78, 5) is 12.6. The third-order valence-corrected chi connectivity index (χ3v) is 3.29. The molecular weight excluding hydrogens is 236 g/mol. The Morgan fingerprint density at radius 2 is 2.29 bits per heavy atom. The van der Waals surface area contributed by atoms with E-state index in [1.54, 1.807) is 6.07 Å². The van der Waals surface area contributed by atoms with Crippen LogP contribution in [0.1, 0.15) is 30.0 Å². The summed E-state index contributed by atoms with van der Waals surface area (Å²) in [6.07, 6.45) is 0.603. The van der Waals surface area contributed by atoms with E-state index in [0.717, 1.165) is 4.88 Å². The Balaban J connectivity index is 2.52. The highest BCUT2D eigenvalue weighted by molar-refractivity contribution is 7.12. The zero-order valence-corrected chi connectivity index (χ0v) is 10.8. The van der Waals surface area contributed by atoms with E-state index in [1.807, 2.05) is 19.9 Å². The van der Waals surface area contributed by atoms with Crippen LogP contribution >= 0.6 is 11.3 Å². The molecule has 0 aromatic carbocycles. The van der Waals surface area contributed by atoms with Crippen molar-refractivity contribution in [3.8, 4) is 6.07 Å². The van der Waals surface area contributed by atoms with E-state index >= 15 is 0 Å². The summed E-state index contributed by atoms with van der Waals surface area (Å²) in [6.45, 7) is 4.49. The summed E-state index contributed by atoms with van der Waals surface area (Å²) < 4.78 is 0. The molecule has 1 atom stereocenters. The molecule has 0 radical (unpaired) electrons. The average molecular weight is 252 g/mol. The largest absolute Gasteiger partial charge is 0.480 e. The highest BCUT2D eigenvalue weighted by Gasteiger charge is 2.18. The normalized spacial score (nSPS) is 12.4. The molecule has 5 heteroatoms. The van der Waals surface area contributed by atoms with Crippen LogP contribution in [0.15, 0.2) is 12.1 Å². The number of thiophene rings is 1. The van der Waals surface area contributed by atoms with Gasteiger partial charge in [-0.3, -0.25) is 10.1 Å². The van der Waals surface area contributed by atoms with Gasteiger partial charge >= 0.3 is 5.97 Å². The number of hydrogen-bond acceptors (Lipinski definition) is 4. The molecule has 0 fully saturated rings. The van der Waals surface area contributed by atoms with Gasteiger partial charge < -0.3 is 5.11 Å². The lowest BCUT2D eigenvalue weighted by Gasteiger charge is -2.15. The third-order valence-electron chi connectivity index (χ3n) is 2.30. The summed E-state index contributed by atoms with van der Waals surface area (Å²) in [7, 11) is 0. The van der Waals surface area contributed by atoms with Crippen LogP contribution in [0.25, 0.3) is 0 Å². The third kappa shape index (κ3) is 4.55. The number of carboxylic acids is 1. The second kappa shape index (κ2) is 6.38. The smallest absolute Gasteiger partial charge is 0.320 e. The zero-order chi connectivity index (χ0) is 12.8. The fourth-order valence-corrected chi connectivity index (χ4v) is 2.26. The molecule has 92 valence electrons. The van der Waals surface area contributed by atoms with E-state index < -0.39 is 12.0 Å². The average Bonchev–Trinajstić information content (AvgIpc) is 2.71. The van der Waals surface area contributed by atoms with Crippen molar-refractivity contribution in [1.82, 2.24) is 5.32 Å². The van der Waals surface area contributed by atoms with Gasteiger partial charge in [-0.2, -0.15) is 5.26 Å². The monoisotopic (exact) mass is 252 g/mol. The van der Waals surface area contributed by atoms with E-state index in [9.17, 15) is 4.79 Å². The summed E-state index contributed by atoms with van der Waals surface area (Å²) in [5.74, 6) is -0.489. The quantitative estimate of drug-likeness (QED) is 0.814. The van der Waals surface area contributed by atoms with Crippen molar-refractivity contribution in [3.05, 3.63) is 21.9 Å². The van der Waals surface area contributed by atoms with Crippen molar-refractivity contribution < 1.29 is 9.90 Å². The van der Waals surface area contributed by atoms with Gasteiger partial charge in [-0.25, -0.2) is 0 Å². The van der Waals surface area contributed by atoms with Gasteiger partial charge in [0.2, 0.25) is 0 Å². The number of hydrogen-bond donors (Lipinski definition) is 2. The van der Waals surface area contributed by atoms with Gasteiger partial charge in [0.1, 0.15) is 17.0 Å². The number of nitrogens with one attached hydrogen (secondary N) is 1. The van der Waals surface area contributed by atoms with E-state index in [-0.39, 0.29) is 0 Å². The Kier molecular flexibility index (Phi) is 5.13. The Labute approximate surface area is 105 Å². The molecule has 0 aliphatic rings. The number of carbonyl (C=O) groups is 1. The van der Waals surface area contributed by atoms with E-state index in [1.165, 1.54) is 11.3 Å². The summed E-state index contributed by atoms with van der Waals surface area (Å²) in [6, 6.07) is 5.14. The molecule has 2 N–H and O–H groups in total. The van der Waals surface area contributed by atoms with Gasteiger partial charge in [0, 0.05) is 11.4 Å². The van der Waals surface area contributed by atoms with E-state index in [4.69, 9.17) is 10.4 Å². The van der Waals surface area contributed by atoms with Crippen molar-refractivity contribution >= 4 is 17.3 Å². The Hall–Kier alpha value is -1.38. The summed E-state index contributed by atoms with van der Waals surface area (Å²) in [5.41, 5.74) is 0. The molecule has 0 spiro atoms. The molecule has 1 rings (SSSR count). The number of carboxylic acid groups (broad SMARTS) is 1. The molecule has 1 aromatic rings. The van der Waals surface area contributed by atoms with Crippen molar-refractivity contribution in [2.24, 2.45) is 5.92 Å². The molecule has 0 aliphatic carbocycles. The lowest BCUT2D eigenvalue weighted by atomic mass is 10.0. The van der Waals surface area contributed by atoms with Crippen LogP contribution < -0.4 is 5.32 Å². The molecule has 1 heterocycles. The van der Waals surface area contributed by atoms with Gasteiger partial charge in [0.25, 0.3) is 0 Å². The molecule has 4 nitrogen and oxygen atoms in total. The van der Waals surface area contributed by atoms with Gasteiger partial charge in [-0.05, 0) is 24.5 Å². The van der Waals surface area contributed by atoms with Crippen LogP contribution in [0.4, 0.5) is 0 Å². The SMILES string of the molecule is CC(C)CC(NCc1ccc(C#N)s1)C(=O)O. The standard InChI is InChI=1S/C12H16N2O2S/c1-8(2)5-11(12(15)16)14-7-10-4-3-9(6-13)17-10/h3-4,8,11,14H,5,7H2,1-2H3,(H,15,16).